The summed E-state index contributed by atoms with van der Waals surface area (Å²) in [5.41, 5.74) is -0.142. The first-order chi connectivity index (χ1) is 17.0. The highest BCUT2D eigenvalue weighted by atomic mass is 16.6. The van der Waals surface area contributed by atoms with E-state index in [-0.39, 0.29) is 35.6 Å². The van der Waals surface area contributed by atoms with Crippen molar-refractivity contribution in [2.75, 3.05) is 0 Å². The van der Waals surface area contributed by atoms with Gasteiger partial charge in [-0.2, -0.15) is 0 Å². The van der Waals surface area contributed by atoms with E-state index in [4.69, 9.17) is 4.74 Å². The Morgan fingerprint density at radius 3 is 2.33 bits per heavy atom. The first-order valence-corrected chi connectivity index (χ1v) is 13.4. The van der Waals surface area contributed by atoms with Gasteiger partial charge in [-0.15, -0.1) is 0 Å². The first kappa shape index (κ1) is 27.8. The second kappa shape index (κ2) is 12.0. The highest BCUT2D eigenvalue weighted by Crippen LogP contribution is 2.37. The van der Waals surface area contributed by atoms with Crippen molar-refractivity contribution in [3.8, 4) is 5.75 Å². The van der Waals surface area contributed by atoms with Gasteiger partial charge < -0.3 is 25.4 Å². The monoisotopic (exact) mass is 501 g/mol. The third-order valence-electron chi connectivity index (χ3n) is 7.01. The van der Waals surface area contributed by atoms with Gasteiger partial charge in [-0.3, -0.25) is 9.59 Å². The van der Waals surface area contributed by atoms with Crippen molar-refractivity contribution in [3.05, 3.63) is 29.8 Å². The van der Waals surface area contributed by atoms with Crippen LogP contribution in [0.2, 0.25) is 0 Å². The molecule has 0 saturated heterocycles. The van der Waals surface area contributed by atoms with E-state index in [1.54, 1.807) is 49.9 Å². The Bertz CT molecular complexity index is 918. The number of aromatic hydroxyl groups is 1. The van der Waals surface area contributed by atoms with Crippen LogP contribution < -0.4 is 10.6 Å². The van der Waals surface area contributed by atoms with Gasteiger partial charge in [-0.25, -0.2) is 4.79 Å². The van der Waals surface area contributed by atoms with Crippen molar-refractivity contribution in [2.45, 2.75) is 116 Å². The summed E-state index contributed by atoms with van der Waals surface area (Å²) in [6, 6.07) is 4.79. The van der Waals surface area contributed by atoms with E-state index >= 15 is 0 Å². The summed E-state index contributed by atoms with van der Waals surface area (Å²) < 4.78 is 5.44. The zero-order valence-electron chi connectivity index (χ0n) is 22.4. The predicted molar refractivity (Wildman–Crippen MR) is 138 cm³/mol. The van der Waals surface area contributed by atoms with E-state index in [9.17, 15) is 19.5 Å². The van der Waals surface area contributed by atoms with Crippen LogP contribution in [0.1, 0.15) is 97.6 Å². The molecule has 36 heavy (non-hydrogen) atoms. The lowest BCUT2D eigenvalue weighted by atomic mass is 9.93. The van der Waals surface area contributed by atoms with Crippen molar-refractivity contribution < 1.29 is 24.2 Å². The summed E-state index contributed by atoms with van der Waals surface area (Å²) >= 11 is 0. The van der Waals surface area contributed by atoms with Gasteiger partial charge in [0.2, 0.25) is 11.8 Å². The Morgan fingerprint density at radius 1 is 1.11 bits per heavy atom. The van der Waals surface area contributed by atoms with Crippen molar-refractivity contribution in [1.82, 2.24) is 15.5 Å². The van der Waals surface area contributed by atoms with Crippen LogP contribution in [-0.2, 0) is 14.3 Å². The quantitative estimate of drug-likeness (QED) is 0.450. The van der Waals surface area contributed by atoms with Crippen LogP contribution >= 0.6 is 0 Å². The Balaban J connectivity index is 1.94. The van der Waals surface area contributed by atoms with E-state index in [2.05, 4.69) is 10.6 Å². The number of carbonyl (C=O) groups is 3. The molecular weight excluding hydrogens is 458 g/mol. The van der Waals surface area contributed by atoms with Crippen LogP contribution in [0.3, 0.4) is 0 Å². The average molecular weight is 502 g/mol. The topological polar surface area (TPSA) is 108 Å². The minimum Gasteiger partial charge on any atom is -0.508 e. The van der Waals surface area contributed by atoms with E-state index in [0.717, 1.165) is 38.5 Å². The van der Waals surface area contributed by atoms with Crippen LogP contribution in [-0.4, -0.2) is 51.6 Å². The largest absolute Gasteiger partial charge is 0.508 e. The van der Waals surface area contributed by atoms with Crippen LogP contribution in [0.5, 0.6) is 5.75 Å². The molecule has 3 atom stereocenters. The summed E-state index contributed by atoms with van der Waals surface area (Å²) in [4.78, 5) is 42.2. The molecule has 2 saturated carbocycles. The molecule has 3 N–H and O–H groups in total. The summed E-state index contributed by atoms with van der Waals surface area (Å²) in [5.74, 6) is -0.674. The number of amides is 3. The van der Waals surface area contributed by atoms with Gasteiger partial charge in [-0.05, 0) is 70.1 Å². The lowest BCUT2D eigenvalue weighted by Crippen LogP contribution is -2.56. The zero-order valence-corrected chi connectivity index (χ0v) is 22.4. The number of hydrogen-bond acceptors (Lipinski definition) is 5. The van der Waals surface area contributed by atoms with Crippen molar-refractivity contribution in [1.29, 1.82) is 0 Å². The van der Waals surface area contributed by atoms with Gasteiger partial charge in [0.1, 0.15) is 23.4 Å². The molecule has 0 heterocycles. The number of nitrogens with zero attached hydrogens (tertiary/aromatic N) is 1. The number of carbonyl (C=O) groups excluding carboxylic acids is 3. The predicted octanol–water partition coefficient (Wildman–Crippen LogP) is 4.81. The number of phenolic OH excluding ortho intramolecular Hbond substituents is 1. The molecule has 0 bridgehead atoms. The number of phenols is 1. The molecule has 1 aromatic rings. The fraction of sp³-hybridized carbons (Fsp3) is 0.679. The summed E-state index contributed by atoms with van der Waals surface area (Å²) in [6.45, 7) is 9.20. The molecule has 0 aliphatic heterocycles. The lowest BCUT2D eigenvalue weighted by molar-refractivity contribution is -0.144. The number of ether oxygens (including phenoxy) is 1. The fourth-order valence-corrected chi connectivity index (χ4v) is 4.81. The number of alkyl carbamates (subject to hydrolysis) is 1. The standard InChI is InChI=1S/C28H43N3O5/c1-6-18(2)23(30-27(35)36-28(3,4)5)26(34)31(21-15-16-21)24(19-11-10-14-22(32)17-19)25(33)29-20-12-8-7-9-13-20/h10-11,14,17-18,20-21,23-24,32H,6-9,12-13,15-16H2,1-5H3,(H,29,33)(H,30,35). The minimum atomic E-state index is -0.897. The average Bonchev–Trinajstić information content (AvgIpc) is 3.64. The van der Waals surface area contributed by atoms with Gasteiger partial charge >= 0.3 is 6.09 Å². The normalized spacial score (nSPS) is 19.0. The number of hydrogen-bond donors (Lipinski definition) is 3. The lowest BCUT2D eigenvalue weighted by Gasteiger charge is -2.37. The van der Waals surface area contributed by atoms with Gasteiger partial charge in [0.25, 0.3) is 0 Å². The highest BCUT2D eigenvalue weighted by molar-refractivity contribution is 5.93. The Kier molecular flexibility index (Phi) is 9.25. The Morgan fingerprint density at radius 2 is 1.78 bits per heavy atom. The SMILES string of the molecule is CCC(C)C(NC(=O)OC(C)(C)C)C(=O)N(C1CC1)C(C(=O)NC1CCCCC1)c1cccc(O)c1. The summed E-state index contributed by atoms with van der Waals surface area (Å²) in [6.07, 6.45) is 6.74. The molecular formula is C28H43N3O5. The second-order valence-corrected chi connectivity index (χ2v) is 11.3. The van der Waals surface area contributed by atoms with Crippen LogP contribution in [0.4, 0.5) is 4.79 Å². The smallest absolute Gasteiger partial charge is 0.408 e. The van der Waals surface area contributed by atoms with Gasteiger partial charge in [0.15, 0.2) is 0 Å². The number of benzene rings is 1. The summed E-state index contributed by atoms with van der Waals surface area (Å²) in [5, 5.41) is 16.2. The molecule has 0 spiro atoms. The molecule has 200 valence electrons. The van der Waals surface area contributed by atoms with E-state index in [1.807, 2.05) is 13.8 Å². The minimum absolute atomic E-state index is 0.0384. The molecule has 3 rings (SSSR count). The molecule has 2 aliphatic carbocycles. The van der Waals surface area contributed by atoms with Gasteiger partial charge in [0, 0.05) is 12.1 Å². The maximum Gasteiger partial charge on any atom is 0.408 e. The Labute approximate surface area is 215 Å². The van der Waals surface area contributed by atoms with E-state index in [1.165, 1.54) is 6.42 Å². The third kappa shape index (κ3) is 7.61. The van der Waals surface area contributed by atoms with E-state index < -0.39 is 23.8 Å². The van der Waals surface area contributed by atoms with Crippen molar-refractivity contribution in [2.24, 2.45) is 5.92 Å². The molecule has 3 amide bonds. The maximum absolute atomic E-state index is 14.1. The molecule has 0 aromatic heterocycles. The third-order valence-corrected chi connectivity index (χ3v) is 7.01. The van der Waals surface area contributed by atoms with Crippen molar-refractivity contribution >= 4 is 17.9 Å². The molecule has 1 aromatic carbocycles. The molecule has 8 nitrogen and oxygen atoms in total. The molecule has 0 radical (unpaired) electrons. The molecule has 3 unspecified atom stereocenters. The van der Waals surface area contributed by atoms with Crippen LogP contribution in [0.15, 0.2) is 24.3 Å². The Hall–Kier alpha value is -2.77. The maximum atomic E-state index is 14.1. The fourth-order valence-electron chi connectivity index (χ4n) is 4.81. The number of rotatable bonds is 9. The molecule has 2 fully saturated rings. The van der Waals surface area contributed by atoms with Crippen molar-refractivity contribution in [3.63, 3.8) is 0 Å². The zero-order chi connectivity index (χ0) is 26.5. The highest BCUT2D eigenvalue weighted by Gasteiger charge is 2.45. The molecule has 8 heteroatoms. The molecule has 2 aliphatic rings. The second-order valence-electron chi connectivity index (χ2n) is 11.3. The van der Waals surface area contributed by atoms with Crippen LogP contribution in [0, 0.1) is 5.92 Å². The van der Waals surface area contributed by atoms with Gasteiger partial charge in [-0.1, -0.05) is 51.7 Å². The number of nitrogens with one attached hydrogen (secondary N) is 2. The van der Waals surface area contributed by atoms with E-state index in [0.29, 0.717) is 12.0 Å². The summed E-state index contributed by atoms with van der Waals surface area (Å²) in [7, 11) is 0. The van der Waals surface area contributed by atoms with Gasteiger partial charge in [0.05, 0.1) is 0 Å². The first-order valence-electron chi connectivity index (χ1n) is 13.4. The van der Waals surface area contributed by atoms with Crippen LogP contribution in [0.25, 0.3) is 0 Å².